The zero-order valence-electron chi connectivity index (χ0n) is 10.8. The first kappa shape index (κ1) is 20.3. The molecule has 0 heterocycles. The number of carboxylic acids is 1. The molecule has 9 heteroatoms. The van der Waals surface area contributed by atoms with Crippen LogP contribution >= 0.6 is 0 Å². The molecule has 0 radical (unpaired) electrons. The van der Waals surface area contributed by atoms with Crippen molar-refractivity contribution in [2.45, 2.75) is 6.92 Å². The van der Waals surface area contributed by atoms with Crippen LogP contribution in [0.3, 0.4) is 0 Å². The highest BCUT2D eigenvalue weighted by molar-refractivity contribution is 5.84. The lowest BCUT2D eigenvalue weighted by atomic mass is 10.4. The molecule has 0 aliphatic carbocycles. The van der Waals surface area contributed by atoms with E-state index in [2.05, 4.69) is 6.58 Å². The Morgan fingerprint density at radius 2 is 1.26 bits per heavy atom. The van der Waals surface area contributed by atoms with Crippen LogP contribution in [0.1, 0.15) is 6.92 Å². The van der Waals surface area contributed by atoms with E-state index in [-0.39, 0.29) is 45.2 Å². The number of hydrogen-bond donors (Lipinski definition) is 4. The molecule has 0 aliphatic heterocycles. The Morgan fingerprint density at radius 3 is 1.42 bits per heavy atom. The van der Waals surface area contributed by atoms with E-state index in [1.54, 1.807) is 0 Å². The van der Waals surface area contributed by atoms with Crippen molar-refractivity contribution in [3.8, 4) is 0 Å². The molecule has 0 atom stereocenters. The summed E-state index contributed by atoms with van der Waals surface area (Å²) in [7, 11) is 0. The van der Waals surface area contributed by atoms with Crippen molar-refractivity contribution in [1.82, 2.24) is 5.39 Å². The largest absolute Gasteiger partial charge is 0.478 e. The zero-order chi connectivity index (χ0) is 15.1. The fraction of sp³-hybridized carbons (Fsp3) is 0.700. The van der Waals surface area contributed by atoms with Gasteiger partial charge in [0.15, 0.2) is 0 Å². The smallest absolute Gasteiger partial charge is 0.330 e. The van der Waals surface area contributed by atoms with Gasteiger partial charge in [-0.3, -0.25) is 0 Å². The standard InChI is InChI=1S/C6H15NO6.C4H6O2/c8-1-4-11-7(12-5-2-9)13-6-3-10;1-3(2)4(5)6/h8-10H,1-6H2;1H2,2H3,(H,5,6). The molecule has 0 saturated carbocycles. The molecule has 19 heavy (non-hydrogen) atoms. The molecule has 9 nitrogen and oxygen atoms in total. The summed E-state index contributed by atoms with van der Waals surface area (Å²) >= 11 is 0. The van der Waals surface area contributed by atoms with Gasteiger partial charge in [-0.2, -0.15) is 0 Å². The van der Waals surface area contributed by atoms with E-state index >= 15 is 0 Å². The fourth-order valence-corrected chi connectivity index (χ4v) is 0.458. The van der Waals surface area contributed by atoms with Crippen LogP contribution < -0.4 is 0 Å². The first-order chi connectivity index (χ1) is 8.99. The van der Waals surface area contributed by atoms with Crippen molar-refractivity contribution in [3.05, 3.63) is 12.2 Å². The van der Waals surface area contributed by atoms with E-state index in [0.717, 1.165) is 0 Å². The topological polar surface area (TPSA) is 129 Å². The molecule has 0 saturated heterocycles. The summed E-state index contributed by atoms with van der Waals surface area (Å²) < 4.78 is 0. The average molecular weight is 283 g/mol. The lowest BCUT2D eigenvalue weighted by Gasteiger charge is -2.17. The van der Waals surface area contributed by atoms with Gasteiger partial charge in [-0.25, -0.2) is 19.3 Å². The highest BCUT2D eigenvalue weighted by Crippen LogP contribution is 1.93. The van der Waals surface area contributed by atoms with Crippen molar-refractivity contribution in [1.29, 1.82) is 0 Å². The number of carboxylic acid groups (broad SMARTS) is 1. The Kier molecular flexibility index (Phi) is 16.0. The first-order valence-electron chi connectivity index (χ1n) is 5.39. The molecule has 4 N–H and O–H groups in total. The number of aliphatic hydroxyl groups excluding tert-OH is 3. The van der Waals surface area contributed by atoms with E-state index in [1.165, 1.54) is 6.92 Å². The molecule has 0 bridgehead atoms. The monoisotopic (exact) mass is 283 g/mol. The summed E-state index contributed by atoms with van der Waals surface area (Å²) in [6.07, 6.45) is 0. The molecule has 0 rings (SSSR count). The number of hydrogen-bond acceptors (Lipinski definition) is 8. The number of carbonyl (C=O) groups is 1. The highest BCUT2D eigenvalue weighted by atomic mass is 17.2. The third-order valence-corrected chi connectivity index (χ3v) is 1.23. The molecule has 0 unspecified atom stereocenters. The molecular formula is C10H21NO8. The maximum atomic E-state index is 9.60. The molecule has 0 amide bonds. The number of aliphatic carboxylic acids is 1. The van der Waals surface area contributed by atoms with Crippen molar-refractivity contribution < 1.29 is 39.7 Å². The Bertz CT molecular complexity index is 205. The summed E-state index contributed by atoms with van der Waals surface area (Å²) in [6, 6.07) is 0. The highest BCUT2D eigenvalue weighted by Gasteiger charge is 2.05. The summed E-state index contributed by atoms with van der Waals surface area (Å²) in [5.74, 6) is -0.935. The molecule has 0 aliphatic rings. The van der Waals surface area contributed by atoms with E-state index in [4.69, 9.17) is 34.9 Å². The summed E-state index contributed by atoms with van der Waals surface area (Å²) in [5, 5.41) is 33.8. The van der Waals surface area contributed by atoms with E-state index in [9.17, 15) is 4.79 Å². The maximum absolute atomic E-state index is 9.60. The predicted octanol–water partition coefficient (Wildman–Crippen LogP) is -1.29. The van der Waals surface area contributed by atoms with Gasteiger partial charge in [0, 0.05) is 5.57 Å². The molecule has 0 aromatic carbocycles. The summed E-state index contributed by atoms with van der Waals surface area (Å²) in [5.41, 5.74) is 0.176. The SMILES string of the molecule is C=C(C)C(=O)O.OCCON(OCCO)OCCO. The van der Waals surface area contributed by atoms with Crippen LogP contribution in [0, 0.1) is 0 Å². The molecule has 114 valence electrons. The van der Waals surface area contributed by atoms with Gasteiger partial charge in [0.25, 0.3) is 0 Å². The molecule has 0 aromatic rings. The minimum atomic E-state index is -0.935. The molecule has 0 aromatic heterocycles. The van der Waals surface area contributed by atoms with Gasteiger partial charge in [-0.1, -0.05) is 6.58 Å². The zero-order valence-corrected chi connectivity index (χ0v) is 10.8. The van der Waals surface area contributed by atoms with Gasteiger partial charge in [0.05, 0.1) is 45.0 Å². The van der Waals surface area contributed by atoms with Gasteiger partial charge >= 0.3 is 5.97 Å². The van der Waals surface area contributed by atoms with Gasteiger partial charge in [0.2, 0.25) is 0 Å². The van der Waals surface area contributed by atoms with Gasteiger partial charge < -0.3 is 20.4 Å². The minimum absolute atomic E-state index is 0.0108. The number of aliphatic hydroxyl groups is 3. The minimum Gasteiger partial charge on any atom is -0.478 e. The van der Waals surface area contributed by atoms with Crippen molar-refractivity contribution >= 4 is 5.97 Å². The van der Waals surface area contributed by atoms with Crippen LogP contribution in [-0.2, 0) is 19.3 Å². The maximum Gasteiger partial charge on any atom is 0.330 e. The molecule has 0 fully saturated rings. The van der Waals surface area contributed by atoms with E-state index in [0.29, 0.717) is 5.39 Å². The van der Waals surface area contributed by atoms with Crippen LogP contribution in [0.4, 0.5) is 0 Å². The molecular weight excluding hydrogens is 262 g/mol. The Balaban J connectivity index is 0. The third kappa shape index (κ3) is 16.9. The second-order valence-corrected chi connectivity index (χ2v) is 2.98. The first-order valence-corrected chi connectivity index (χ1v) is 5.39. The van der Waals surface area contributed by atoms with Crippen molar-refractivity contribution in [3.63, 3.8) is 0 Å². The second-order valence-electron chi connectivity index (χ2n) is 2.98. The predicted molar refractivity (Wildman–Crippen MR) is 63.4 cm³/mol. The van der Waals surface area contributed by atoms with Crippen LogP contribution in [0.2, 0.25) is 0 Å². The van der Waals surface area contributed by atoms with Crippen molar-refractivity contribution in [2.75, 3.05) is 39.6 Å². The number of nitrogens with zero attached hydrogens (tertiary/aromatic N) is 1. The molecule has 0 spiro atoms. The van der Waals surface area contributed by atoms with Crippen molar-refractivity contribution in [2.24, 2.45) is 0 Å². The Labute approximate surface area is 111 Å². The third-order valence-electron chi connectivity index (χ3n) is 1.23. The summed E-state index contributed by atoms with van der Waals surface area (Å²) in [6.45, 7) is 4.10. The lowest BCUT2D eigenvalue weighted by Crippen LogP contribution is -2.28. The fourth-order valence-electron chi connectivity index (χ4n) is 0.458. The quantitative estimate of drug-likeness (QED) is 0.286. The number of rotatable bonds is 10. The average Bonchev–Trinajstić information content (AvgIpc) is 2.38. The van der Waals surface area contributed by atoms with Gasteiger partial charge in [0.1, 0.15) is 0 Å². The Hall–Kier alpha value is -1.07. The second kappa shape index (κ2) is 15.0. The van der Waals surface area contributed by atoms with Crippen LogP contribution in [-0.4, -0.2) is 71.4 Å². The lowest BCUT2D eigenvalue weighted by molar-refractivity contribution is -0.527. The summed E-state index contributed by atoms with van der Waals surface area (Å²) in [4.78, 5) is 23.7. The van der Waals surface area contributed by atoms with E-state index in [1.807, 2.05) is 0 Å². The van der Waals surface area contributed by atoms with Crippen LogP contribution in [0.15, 0.2) is 12.2 Å². The van der Waals surface area contributed by atoms with E-state index < -0.39 is 5.97 Å². The van der Waals surface area contributed by atoms with Crippen LogP contribution in [0.25, 0.3) is 0 Å². The van der Waals surface area contributed by atoms with Crippen LogP contribution in [0.5, 0.6) is 0 Å². The van der Waals surface area contributed by atoms with Gasteiger partial charge in [-0.15, -0.1) is 0 Å². The normalized spacial score (nSPS) is 9.95. The van der Waals surface area contributed by atoms with Gasteiger partial charge in [-0.05, 0) is 6.92 Å². The Morgan fingerprint density at radius 1 is 1.00 bits per heavy atom.